The highest BCUT2D eigenvalue weighted by Crippen LogP contribution is 2.39. The molecular formula is C21H21ClN4O3. The number of aromatic nitrogens is 3. The Morgan fingerprint density at radius 2 is 2.00 bits per heavy atom. The third-order valence-corrected chi connectivity index (χ3v) is 5.16. The lowest BCUT2D eigenvalue weighted by Crippen LogP contribution is -2.21. The number of anilines is 2. The summed E-state index contributed by atoms with van der Waals surface area (Å²) in [5, 5.41) is 18.0. The zero-order chi connectivity index (χ0) is 20.4. The Bertz CT molecular complexity index is 1030. The van der Waals surface area contributed by atoms with Crippen molar-refractivity contribution in [1.29, 1.82) is 0 Å². The van der Waals surface area contributed by atoms with Crippen molar-refractivity contribution >= 4 is 28.8 Å². The van der Waals surface area contributed by atoms with Gasteiger partial charge in [-0.05, 0) is 43.3 Å². The molecule has 0 fully saturated rings. The van der Waals surface area contributed by atoms with Crippen LogP contribution in [0.25, 0.3) is 11.3 Å². The molecule has 2 aromatic carbocycles. The number of carbonyl (C=O) groups is 1. The number of aliphatic hydroxyl groups excluding tert-OH is 1. The molecule has 0 radical (unpaired) electrons. The zero-order valence-electron chi connectivity index (χ0n) is 16.0. The van der Waals surface area contributed by atoms with Crippen LogP contribution in [0.4, 0.5) is 11.4 Å². The second-order valence-electron chi connectivity index (χ2n) is 6.81. The van der Waals surface area contributed by atoms with Crippen molar-refractivity contribution in [3.63, 3.8) is 0 Å². The molecule has 4 rings (SSSR count). The lowest BCUT2D eigenvalue weighted by atomic mass is 10.0. The van der Waals surface area contributed by atoms with Crippen LogP contribution in [0.1, 0.15) is 16.1 Å². The molecule has 1 aliphatic heterocycles. The molecule has 0 spiro atoms. The lowest BCUT2D eigenvalue weighted by molar-refractivity contribution is 0.0664. The quantitative estimate of drug-likeness (QED) is 0.494. The SMILES string of the molecule is Cc1nnn2c1-c1ccc(C(=O)COCCO)cc1N(c1ccc(Cl)cc1)CC2. The van der Waals surface area contributed by atoms with Gasteiger partial charge in [0.2, 0.25) is 0 Å². The van der Waals surface area contributed by atoms with Gasteiger partial charge < -0.3 is 14.7 Å². The molecule has 0 amide bonds. The minimum absolute atomic E-state index is 0.0706. The van der Waals surface area contributed by atoms with E-state index in [-0.39, 0.29) is 25.6 Å². The minimum Gasteiger partial charge on any atom is -0.394 e. The van der Waals surface area contributed by atoms with Gasteiger partial charge in [0.05, 0.1) is 36.8 Å². The Morgan fingerprint density at radius 1 is 1.21 bits per heavy atom. The first-order valence-electron chi connectivity index (χ1n) is 9.38. The topological polar surface area (TPSA) is 80.5 Å². The number of Topliss-reactive ketones (excluding diaryl/α,β-unsaturated/α-hetero) is 1. The smallest absolute Gasteiger partial charge is 0.188 e. The molecule has 150 valence electrons. The zero-order valence-corrected chi connectivity index (χ0v) is 16.8. The number of rotatable bonds is 6. The van der Waals surface area contributed by atoms with E-state index in [1.807, 2.05) is 48.0 Å². The summed E-state index contributed by atoms with van der Waals surface area (Å²) in [7, 11) is 0. The van der Waals surface area contributed by atoms with Gasteiger partial charge in [0.25, 0.3) is 0 Å². The Kier molecular flexibility index (Phi) is 5.62. The molecule has 0 aliphatic carbocycles. The third-order valence-electron chi connectivity index (χ3n) is 4.91. The monoisotopic (exact) mass is 412 g/mol. The molecule has 0 saturated heterocycles. The number of hydrogen-bond acceptors (Lipinski definition) is 6. The maximum Gasteiger partial charge on any atom is 0.188 e. The molecule has 0 bridgehead atoms. The van der Waals surface area contributed by atoms with E-state index >= 15 is 0 Å². The van der Waals surface area contributed by atoms with Crippen molar-refractivity contribution in [3.8, 4) is 11.3 Å². The van der Waals surface area contributed by atoms with Gasteiger partial charge >= 0.3 is 0 Å². The second kappa shape index (κ2) is 8.32. The molecule has 1 aromatic heterocycles. The number of ketones is 1. The fourth-order valence-corrected chi connectivity index (χ4v) is 3.66. The van der Waals surface area contributed by atoms with E-state index in [4.69, 9.17) is 21.4 Å². The van der Waals surface area contributed by atoms with Crippen LogP contribution in [-0.2, 0) is 11.3 Å². The predicted octanol–water partition coefficient (Wildman–Crippen LogP) is 3.25. The first kappa shape index (κ1) is 19.6. The summed E-state index contributed by atoms with van der Waals surface area (Å²) in [5.41, 5.74) is 5.20. The van der Waals surface area contributed by atoms with E-state index in [0.717, 1.165) is 28.3 Å². The van der Waals surface area contributed by atoms with E-state index < -0.39 is 0 Å². The first-order chi connectivity index (χ1) is 14.1. The van der Waals surface area contributed by atoms with E-state index in [1.165, 1.54) is 0 Å². The number of halogens is 1. The summed E-state index contributed by atoms with van der Waals surface area (Å²) in [6.07, 6.45) is 0. The summed E-state index contributed by atoms with van der Waals surface area (Å²) in [5.74, 6) is -0.134. The lowest BCUT2D eigenvalue weighted by Gasteiger charge is -2.25. The van der Waals surface area contributed by atoms with Gasteiger partial charge in [0, 0.05) is 28.4 Å². The van der Waals surface area contributed by atoms with Crippen molar-refractivity contribution in [2.45, 2.75) is 13.5 Å². The summed E-state index contributed by atoms with van der Waals surface area (Å²) in [6, 6.07) is 13.2. The van der Waals surface area contributed by atoms with Crippen LogP contribution >= 0.6 is 11.6 Å². The van der Waals surface area contributed by atoms with Crippen LogP contribution in [0.3, 0.4) is 0 Å². The average Bonchev–Trinajstić information content (AvgIpc) is 3.00. The second-order valence-corrected chi connectivity index (χ2v) is 7.24. The molecule has 8 heteroatoms. The molecule has 3 aromatic rings. The molecule has 0 atom stereocenters. The van der Waals surface area contributed by atoms with E-state index in [2.05, 4.69) is 15.2 Å². The number of aryl methyl sites for hydroxylation is 1. The molecule has 29 heavy (non-hydrogen) atoms. The third kappa shape index (κ3) is 3.89. The molecule has 1 aliphatic rings. The standard InChI is InChI=1S/C21H21ClN4O3/c1-14-21-18-7-2-15(20(28)13-29-11-10-27)12-19(18)25(8-9-26(21)24-23-14)17-5-3-16(22)4-6-17/h2-7,12,27H,8-11,13H2,1H3. The van der Waals surface area contributed by atoms with Gasteiger partial charge in [-0.1, -0.05) is 22.9 Å². The number of nitrogens with zero attached hydrogens (tertiary/aromatic N) is 4. The molecule has 0 saturated carbocycles. The van der Waals surface area contributed by atoms with Crippen LogP contribution in [0.2, 0.25) is 5.02 Å². The number of fused-ring (bicyclic) bond motifs is 3. The molecule has 0 unspecified atom stereocenters. The fourth-order valence-electron chi connectivity index (χ4n) is 3.54. The highest BCUT2D eigenvalue weighted by molar-refractivity contribution is 6.30. The number of hydrogen-bond donors (Lipinski definition) is 1. The summed E-state index contributed by atoms with van der Waals surface area (Å²) in [4.78, 5) is 14.7. The van der Waals surface area contributed by atoms with Crippen LogP contribution in [0.15, 0.2) is 42.5 Å². The molecule has 1 N–H and O–H groups in total. The van der Waals surface area contributed by atoms with Crippen molar-refractivity contribution < 1.29 is 14.6 Å². The molecule has 7 nitrogen and oxygen atoms in total. The van der Waals surface area contributed by atoms with Gasteiger partial charge in [-0.3, -0.25) is 4.79 Å². The largest absolute Gasteiger partial charge is 0.394 e. The number of aliphatic hydroxyl groups is 1. The van der Waals surface area contributed by atoms with Crippen LogP contribution in [0.5, 0.6) is 0 Å². The van der Waals surface area contributed by atoms with Crippen molar-refractivity contribution in [1.82, 2.24) is 15.0 Å². The van der Waals surface area contributed by atoms with Gasteiger partial charge in [0.1, 0.15) is 6.61 Å². The van der Waals surface area contributed by atoms with Crippen molar-refractivity contribution in [3.05, 3.63) is 58.7 Å². The normalized spacial score (nSPS) is 13.0. The highest BCUT2D eigenvalue weighted by atomic mass is 35.5. The van der Waals surface area contributed by atoms with E-state index in [1.54, 1.807) is 6.07 Å². The summed E-state index contributed by atoms with van der Waals surface area (Å²) in [6.45, 7) is 3.22. The Balaban J connectivity index is 1.79. The van der Waals surface area contributed by atoms with E-state index in [9.17, 15) is 4.79 Å². The van der Waals surface area contributed by atoms with E-state index in [0.29, 0.717) is 23.7 Å². The van der Waals surface area contributed by atoms with Crippen LogP contribution in [0, 0.1) is 6.92 Å². The van der Waals surface area contributed by atoms with Crippen LogP contribution in [-0.4, -0.2) is 52.2 Å². The van der Waals surface area contributed by atoms with Crippen LogP contribution < -0.4 is 4.90 Å². The van der Waals surface area contributed by atoms with Gasteiger partial charge in [-0.15, -0.1) is 5.10 Å². The average molecular weight is 413 g/mol. The Labute approximate surface area is 173 Å². The van der Waals surface area contributed by atoms with Gasteiger partial charge in [-0.25, -0.2) is 4.68 Å². The van der Waals surface area contributed by atoms with Gasteiger partial charge in [0.15, 0.2) is 5.78 Å². The summed E-state index contributed by atoms with van der Waals surface area (Å²) < 4.78 is 7.10. The van der Waals surface area contributed by atoms with Crippen molar-refractivity contribution in [2.75, 3.05) is 31.3 Å². The fraction of sp³-hybridized carbons (Fsp3) is 0.286. The molecule has 2 heterocycles. The highest BCUT2D eigenvalue weighted by Gasteiger charge is 2.25. The predicted molar refractivity (Wildman–Crippen MR) is 111 cm³/mol. The minimum atomic E-state index is -0.134. The van der Waals surface area contributed by atoms with Crippen molar-refractivity contribution in [2.24, 2.45) is 0 Å². The van der Waals surface area contributed by atoms with Gasteiger partial charge in [-0.2, -0.15) is 0 Å². The Morgan fingerprint density at radius 3 is 2.76 bits per heavy atom. The number of ether oxygens (including phenoxy) is 1. The maximum atomic E-state index is 12.6. The first-order valence-corrected chi connectivity index (χ1v) is 9.75. The Hall–Kier alpha value is -2.74. The number of carbonyl (C=O) groups excluding carboxylic acids is 1. The summed E-state index contributed by atoms with van der Waals surface area (Å²) >= 11 is 6.07. The maximum absolute atomic E-state index is 12.6. The number of benzene rings is 2. The molecular weight excluding hydrogens is 392 g/mol.